The first-order valence-electron chi connectivity index (χ1n) is 8.18. The quantitative estimate of drug-likeness (QED) is 0.803. The van der Waals surface area contributed by atoms with Gasteiger partial charge in [0, 0.05) is 26.2 Å². The first-order chi connectivity index (χ1) is 10.8. The number of hydrogen-bond donors (Lipinski definition) is 1. The number of nitrogens with zero attached hydrogens (tertiary/aromatic N) is 1. The third-order valence-corrected chi connectivity index (χ3v) is 5.93. The van der Waals surface area contributed by atoms with Crippen molar-refractivity contribution in [1.29, 1.82) is 0 Å². The van der Waals surface area contributed by atoms with Gasteiger partial charge in [0.1, 0.15) is 0 Å². The van der Waals surface area contributed by atoms with Crippen LogP contribution in [-0.2, 0) is 21.3 Å². The average Bonchev–Trinajstić information content (AvgIpc) is 2.44. The van der Waals surface area contributed by atoms with Crippen LogP contribution in [0.15, 0.2) is 18.2 Å². The van der Waals surface area contributed by atoms with Gasteiger partial charge in [0.2, 0.25) is 10.0 Å². The zero-order chi connectivity index (χ0) is 17.0. The molecular weight excluding hydrogens is 312 g/mol. The number of nitrogens with one attached hydrogen (secondary N) is 1. The average molecular weight is 340 g/mol. The van der Waals surface area contributed by atoms with Crippen LogP contribution in [0.25, 0.3) is 0 Å². The van der Waals surface area contributed by atoms with Crippen molar-refractivity contribution in [2.45, 2.75) is 46.4 Å². The topological polar surface area (TPSA) is 58.6 Å². The summed E-state index contributed by atoms with van der Waals surface area (Å²) < 4.78 is 32.0. The highest BCUT2D eigenvalue weighted by Crippen LogP contribution is 2.15. The Balaban J connectivity index is 1.83. The molecule has 2 atom stereocenters. The Hall–Kier alpha value is -0.950. The van der Waals surface area contributed by atoms with E-state index in [-0.39, 0.29) is 18.0 Å². The van der Waals surface area contributed by atoms with Crippen LogP contribution < -0.4 is 5.32 Å². The molecule has 2 unspecified atom stereocenters. The Morgan fingerprint density at radius 2 is 1.87 bits per heavy atom. The van der Waals surface area contributed by atoms with E-state index in [1.807, 2.05) is 13.8 Å². The maximum absolute atomic E-state index is 12.4. The minimum Gasteiger partial charge on any atom is -0.373 e. The van der Waals surface area contributed by atoms with E-state index in [9.17, 15) is 8.42 Å². The van der Waals surface area contributed by atoms with E-state index in [0.29, 0.717) is 26.2 Å². The summed E-state index contributed by atoms with van der Waals surface area (Å²) in [6, 6.07) is 6.32. The maximum atomic E-state index is 12.4. The molecule has 0 aliphatic carbocycles. The zero-order valence-corrected chi connectivity index (χ0v) is 15.3. The predicted molar refractivity (Wildman–Crippen MR) is 93.0 cm³/mol. The summed E-state index contributed by atoms with van der Waals surface area (Å²) in [4.78, 5) is 0. The SMILES string of the molecule is Cc1ccc(CNCCS(=O)(=O)N2CC(C)OC(C)C2)c(C)c1. The molecule has 0 spiro atoms. The molecule has 1 fully saturated rings. The standard InChI is InChI=1S/C17H28N2O3S/c1-13-5-6-17(14(2)9-13)10-18-7-8-23(20,21)19-11-15(3)22-16(4)12-19/h5-6,9,15-16,18H,7-8,10-12H2,1-4H3. The summed E-state index contributed by atoms with van der Waals surface area (Å²) in [7, 11) is -3.23. The second kappa shape index (κ2) is 7.75. The van der Waals surface area contributed by atoms with E-state index in [0.717, 1.165) is 0 Å². The van der Waals surface area contributed by atoms with E-state index >= 15 is 0 Å². The number of aryl methyl sites for hydroxylation is 2. The number of rotatable bonds is 6. The Morgan fingerprint density at radius 3 is 2.48 bits per heavy atom. The molecule has 1 aromatic carbocycles. The molecule has 0 saturated carbocycles. The monoisotopic (exact) mass is 340 g/mol. The molecule has 1 aliphatic rings. The fourth-order valence-electron chi connectivity index (χ4n) is 2.96. The molecule has 130 valence electrons. The van der Waals surface area contributed by atoms with Crippen LogP contribution in [0.4, 0.5) is 0 Å². The van der Waals surface area contributed by atoms with Gasteiger partial charge in [-0.3, -0.25) is 0 Å². The van der Waals surface area contributed by atoms with Crippen molar-refractivity contribution in [3.05, 3.63) is 34.9 Å². The summed E-state index contributed by atoms with van der Waals surface area (Å²) in [5, 5.41) is 3.24. The number of hydrogen-bond acceptors (Lipinski definition) is 4. The van der Waals surface area contributed by atoms with Crippen molar-refractivity contribution in [2.24, 2.45) is 0 Å². The summed E-state index contributed by atoms with van der Waals surface area (Å²) in [5.74, 6) is 0.122. The highest BCUT2D eigenvalue weighted by atomic mass is 32.2. The van der Waals surface area contributed by atoms with Crippen LogP contribution in [0.3, 0.4) is 0 Å². The van der Waals surface area contributed by atoms with Gasteiger partial charge in [-0.2, -0.15) is 4.31 Å². The first kappa shape index (κ1) is 18.4. The van der Waals surface area contributed by atoms with E-state index in [1.165, 1.54) is 16.7 Å². The molecule has 0 radical (unpaired) electrons. The van der Waals surface area contributed by atoms with Crippen molar-refractivity contribution in [2.75, 3.05) is 25.4 Å². The molecule has 1 aliphatic heterocycles. The van der Waals surface area contributed by atoms with E-state index in [4.69, 9.17) is 4.74 Å². The first-order valence-corrected chi connectivity index (χ1v) is 9.79. The predicted octanol–water partition coefficient (Wildman–Crippen LogP) is 1.83. The number of ether oxygens (including phenoxy) is 1. The summed E-state index contributed by atoms with van der Waals surface area (Å²) in [5.41, 5.74) is 3.68. The van der Waals surface area contributed by atoms with E-state index < -0.39 is 10.0 Å². The minimum atomic E-state index is -3.23. The lowest BCUT2D eigenvalue weighted by Gasteiger charge is -2.34. The van der Waals surface area contributed by atoms with Gasteiger partial charge in [-0.05, 0) is 38.8 Å². The van der Waals surface area contributed by atoms with Gasteiger partial charge in [0.25, 0.3) is 0 Å². The second-order valence-electron chi connectivity index (χ2n) is 6.50. The molecule has 1 N–H and O–H groups in total. The zero-order valence-electron chi connectivity index (χ0n) is 14.5. The van der Waals surface area contributed by atoms with Crippen LogP contribution in [0.5, 0.6) is 0 Å². The molecule has 1 saturated heterocycles. The van der Waals surface area contributed by atoms with Crippen molar-refractivity contribution in [3.63, 3.8) is 0 Å². The van der Waals surface area contributed by atoms with Crippen LogP contribution >= 0.6 is 0 Å². The van der Waals surface area contributed by atoms with Crippen LogP contribution in [0, 0.1) is 13.8 Å². The Labute approximate surface area is 140 Å². The molecule has 0 aromatic heterocycles. The van der Waals surface area contributed by atoms with Crippen molar-refractivity contribution in [1.82, 2.24) is 9.62 Å². The van der Waals surface area contributed by atoms with Gasteiger partial charge in [-0.1, -0.05) is 23.8 Å². The van der Waals surface area contributed by atoms with E-state index in [1.54, 1.807) is 4.31 Å². The van der Waals surface area contributed by atoms with E-state index in [2.05, 4.69) is 37.4 Å². The third-order valence-electron chi connectivity index (χ3n) is 4.13. The Bertz CT molecular complexity index is 621. The summed E-state index contributed by atoms with van der Waals surface area (Å²) >= 11 is 0. The number of benzene rings is 1. The molecule has 23 heavy (non-hydrogen) atoms. The second-order valence-corrected chi connectivity index (χ2v) is 8.59. The fourth-order valence-corrected chi connectivity index (χ4v) is 4.49. The van der Waals surface area contributed by atoms with Crippen LogP contribution in [-0.4, -0.2) is 50.3 Å². The van der Waals surface area contributed by atoms with Gasteiger partial charge in [0.05, 0.1) is 18.0 Å². The summed E-state index contributed by atoms with van der Waals surface area (Å²) in [6.07, 6.45) is -0.0895. The molecule has 1 aromatic rings. The minimum absolute atomic E-state index is 0.0447. The lowest BCUT2D eigenvalue weighted by molar-refractivity contribution is -0.0440. The number of sulfonamides is 1. The smallest absolute Gasteiger partial charge is 0.215 e. The molecular formula is C17H28N2O3S. The molecule has 0 bridgehead atoms. The van der Waals surface area contributed by atoms with Crippen molar-refractivity contribution < 1.29 is 13.2 Å². The molecule has 5 nitrogen and oxygen atoms in total. The van der Waals surface area contributed by atoms with Crippen LogP contribution in [0.1, 0.15) is 30.5 Å². The van der Waals surface area contributed by atoms with Crippen LogP contribution in [0.2, 0.25) is 0 Å². The van der Waals surface area contributed by atoms with Gasteiger partial charge in [-0.25, -0.2) is 8.42 Å². The highest BCUT2D eigenvalue weighted by Gasteiger charge is 2.30. The van der Waals surface area contributed by atoms with Gasteiger partial charge >= 0.3 is 0 Å². The summed E-state index contributed by atoms with van der Waals surface area (Å²) in [6.45, 7) is 10.0. The highest BCUT2D eigenvalue weighted by molar-refractivity contribution is 7.89. The Morgan fingerprint density at radius 1 is 1.22 bits per heavy atom. The molecule has 2 rings (SSSR count). The fraction of sp³-hybridized carbons (Fsp3) is 0.647. The molecule has 1 heterocycles. The third kappa shape index (κ3) is 5.28. The number of morpholine rings is 1. The van der Waals surface area contributed by atoms with Crippen molar-refractivity contribution >= 4 is 10.0 Å². The van der Waals surface area contributed by atoms with Gasteiger partial charge in [0.15, 0.2) is 0 Å². The van der Waals surface area contributed by atoms with Gasteiger partial charge < -0.3 is 10.1 Å². The normalized spacial score (nSPS) is 23.1. The molecule has 0 amide bonds. The Kier molecular flexibility index (Phi) is 6.19. The van der Waals surface area contributed by atoms with Crippen molar-refractivity contribution in [3.8, 4) is 0 Å². The lowest BCUT2D eigenvalue weighted by Crippen LogP contribution is -2.49. The maximum Gasteiger partial charge on any atom is 0.215 e. The largest absolute Gasteiger partial charge is 0.373 e. The van der Waals surface area contributed by atoms with Gasteiger partial charge in [-0.15, -0.1) is 0 Å². The lowest BCUT2D eigenvalue weighted by atomic mass is 10.1. The molecule has 6 heteroatoms.